The van der Waals surface area contributed by atoms with Crippen LogP contribution in [0.1, 0.15) is 23.2 Å². The molecule has 4 aromatic rings. The Hall–Kier alpha value is -4.00. The molecule has 0 bridgehead atoms. The second-order valence-corrected chi connectivity index (χ2v) is 9.44. The fourth-order valence-electron chi connectivity index (χ4n) is 4.55. The molecule has 41 heavy (non-hydrogen) atoms. The standard InChI is InChI=1S/C30H33NO10/c1-38-25-12-18(13-26(39-2)30(25)40-3)24-14-20-29(41-24)19(9-10-31-20)16-5-4-6-17(11-16)21(33)7-8-22(34)27(36)28(37)23(35)15-32/h4-6,9-14,22-23,27-28,32,34-37H,7-8,15H2,1-3H3/t22-,23+,27+,28+/m0/s1. The van der Waals surface area contributed by atoms with Crippen LogP contribution in [0.15, 0.2) is 59.1 Å². The number of hydrogen-bond donors (Lipinski definition) is 5. The van der Waals surface area contributed by atoms with Crippen molar-refractivity contribution in [3.63, 3.8) is 0 Å². The molecule has 4 rings (SSSR count). The number of aliphatic hydroxyl groups excluding tert-OH is 5. The van der Waals surface area contributed by atoms with E-state index < -0.39 is 31.0 Å². The van der Waals surface area contributed by atoms with Crippen molar-refractivity contribution in [1.82, 2.24) is 4.98 Å². The number of rotatable bonds is 13. The number of hydrogen-bond acceptors (Lipinski definition) is 11. The fraction of sp³-hybridized carbons (Fsp3) is 0.333. The van der Waals surface area contributed by atoms with Gasteiger partial charge in [0.25, 0.3) is 0 Å². The predicted octanol–water partition coefficient (Wildman–Crippen LogP) is 2.59. The number of pyridine rings is 1. The highest BCUT2D eigenvalue weighted by Crippen LogP contribution is 2.43. The van der Waals surface area contributed by atoms with Gasteiger partial charge in [-0.3, -0.25) is 9.78 Å². The van der Waals surface area contributed by atoms with Crippen LogP contribution in [-0.2, 0) is 0 Å². The molecule has 0 unspecified atom stereocenters. The molecular formula is C30H33NO10. The first-order valence-corrected chi connectivity index (χ1v) is 12.9. The van der Waals surface area contributed by atoms with E-state index in [9.17, 15) is 25.2 Å². The number of ether oxygens (including phenoxy) is 3. The van der Waals surface area contributed by atoms with Crippen LogP contribution in [0, 0.1) is 0 Å². The summed E-state index contributed by atoms with van der Waals surface area (Å²) in [5.41, 5.74) is 3.59. The molecule has 218 valence electrons. The zero-order chi connectivity index (χ0) is 29.7. The number of fused-ring (bicyclic) bond motifs is 1. The van der Waals surface area contributed by atoms with Gasteiger partial charge in [0.05, 0.1) is 34.0 Å². The van der Waals surface area contributed by atoms with Crippen molar-refractivity contribution in [1.29, 1.82) is 0 Å². The molecule has 0 amide bonds. The number of ketones is 1. The van der Waals surface area contributed by atoms with E-state index >= 15 is 0 Å². The second-order valence-electron chi connectivity index (χ2n) is 9.44. The molecule has 2 aromatic heterocycles. The van der Waals surface area contributed by atoms with Gasteiger partial charge in [0.1, 0.15) is 29.6 Å². The molecule has 5 N–H and O–H groups in total. The van der Waals surface area contributed by atoms with Gasteiger partial charge < -0.3 is 44.2 Å². The molecule has 11 nitrogen and oxygen atoms in total. The van der Waals surface area contributed by atoms with Crippen molar-refractivity contribution >= 4 is 16.9 Å². The van der Waals surface area contributed by atoms with Crippen molar-refractivity contribution in [3.05, 3.63) is 60.3 Å². The van der Waals surface area contributed by atoms with Crippen molar-refractivity contribution in [2.24, 2.45) is 0 Å². The number of furan rings is 1. The Morgan fingerprint density at radius 3 is 2.20 bits per heavy atom. The third-order valence-corrected chi connectivity index (χ3v) is 6.85. The average Bonchev–Trinajstić information content (AvgIpc) is 3.46. The molecule has 0 aliphatic heterocycles. The van der Waals surface area contributed by atoms with E-state index in [0.29, 0.717) is 56.4 Å². The summed E-state index contributed by atoms with van der Waals surface area (Å²) < 4.78 is 22.6. The van der Waals surface area contributed by atoms with E-state index in [4.69, 9.17) is 23.7 Å². The van der Waals surface area contributed by atoms with Crippen molar-refractivity contribution < 1.29 is 49.0 Å². The SMILES string of the molecule is COc1cc(-c2cc3nccc(-c4cccc(C(=O)CC[C@H](O)[C@@H](O)[C@H](O)[C@H](O)CO)c4)c3o2)cc(OC)c1OC. The van der Waals surface area contributed by atoms with Crippen molar-refractivity contribution in [2.45, 2.75) is 37.3 Å². The Bertz CT molecular complexity index is 1470. The lowest BCUT2D eigenvalue weighted by molar-refractivity contribution is -0.116. The van der Waals surface area contributed by atoms with Crippen LogP contribution in [0.5, 0.6) is 17.2 Å². The molecule has 0 radical (unpaired) electrons. The van der Waals surface area contributed by atoms with Crippen LogP contribution >= 0.6 is 0 Å². The maximum atomic E-state index is 12.9. The van der Waals surface area contributed by atoms with E-state index in [2.05, 4.69) is 4.98 Å². The van der Waals surface area contributed by atoms with Crippen molar-refractivity contribution in [2.75, 3.05) is 27.9 Å². The highest BCUT2D eigenvalue weighted by Gasteiger charge is 2.30. The van der Waals surface area contributed by atoms with Gasteiger partial charge in [-0.1, -0.05) is 18.2 Å². The Kier molecular flexibility index (Phi) is 9.58. The Morgan fingerprint density at radius 2 is 1.56 bits per heavy atom. The number of aromatic nitrogens is 1. The van der Waals surface area contributed by atoms with Crippen LogP contribution in [0.4, 0.5) is 0 Å². The number of Topliss-reactive ketones (excluding diaryl/α,β-unsaturated/α-hetero) is 1. The van der Waals surface area contributed by atoms with Gasteiger partial charge in [0.15, 0.2) is 22.9 Å². The topological polar surface area (TPSA) is 172 Å². The second kappa shape index (κ2) is 13.1. The van der Waals surface area contributed by atoms with Gasteiger partial charge in [0, 0.05) is 35.4 Å². The average molecular weight is 568 g/mol. The lowest BCUT2D eigenvalue weighted by Crippen LogP contribution is -2.45. The molecule has 11 heteroatoms. The van der Waals surface area contributed by atoms with Crippen molar-refractivity contribution in [3.8, 4) is 39.7 Å². The quantitative estimate of drug-likeness (QED) is 0.150. The maximum Gasteiger partial charge on any atom is 0.203 e. The van der Waals surface area contributed by atoms with Crippen LogP contribution < -0.4 is 14.2 Å². The number of methoxy groups -OCH3 is 3. The lowest BCUT2D eigenvalue weighted by Gasteiger charge is -2.25. The van der Waals surface area contributed by atoms with Crippen LogP contribution in [-0.4, -0.2) is 88.7 Å². The monoisotopic (exact) mass is 567 g/mol. The van der Waals surface area contributed by atoms with E-state index in [1.807, 2.05) is 6.07 Å². The van der Waals surface area contributed by atoms with Gasteiger partial charge >= 0.3 is 0 Å². The zero-order valence-corrected chi connectivity index (χ0v) is 22.9. The summed E-state index contributed by atoms with van der Waals surface area (Å²) in [6, 6.07) is 14.0. The largest absolute Gasteiger partial charge is 0.493 e. The summed E-state index contributed by atoms with van der Waals surface area (Å²) in [5, 5.41) is 48.4. The number of benzene rings is 2. The molecule has 0 fully saturated rings. The minimum atomic E-state index is -1.75. The first-order valence-electron chi connectivity index (χ1n) is 12.9. The first kappa shape index (κ1) is 30.0. The van der Waals surface area contributed by atoms with Crippen LogP contribution in [0.25, 0.3) is 33.6 Å². The number of carbonyl (C=O) groups is 1. The molecule has 0 saturated heterocycles. The van der Waals surface area contributed by atoms with Gasteiger partial charge in [0.2, 0.25) is 5.75 Å². The Balaban J connectivity index is 1.59. The van der Waals surface area contributed by atoms with Crippen LogP contribution in [0.3, 0.4) is 0 Å². The number of nitrogens with zero attached hydrogens (tertiary/aromatic N) is 1. The summed E-state index contributed by atoms with van der Waals surface area (Å²) in [5.74, 6) is 1.62. The molecule has 0 saturated carbocycles. The van der Waals surface area contributed by atoms with Gasteiger partial charge in [-0.05, 0) is 36.2 Å². The zero-order valence-electron chi connectivity index (χ0n) is 22.9. The molecule has 0 spiro atoms. The van der Waals surface area contributed by atoms with E-state index in [0.717, 1.165) is 0 Å². The summed E-state index contributed by atoms with van der Waals surface area (Å²) in [6.45, 7) is -0.779. The van der Waals surface area contributed by atoms with Gasteiger partial charge in [-0.25, -0.2) is 0 Å². The maximum absolute atomic E-state index is 12.9. The van der Waals surface area contributed by atoms with E-state index in [1.165, 1.54) is 21.3 Å². The minimum absolute atomic E-state index is 0.124. The molecule has 0 aliphatic carbocycles. The summed E-state index contributed by atoms with van der Waals surface area (Å²) in [4.78, 5) is 17.4. The molecule has 0 aliphatic rings. The molecule has 2 heterocycles. The Labute approximate surface area is 236 Å². The lowest BCUT2D eigenvalue weighted by atomic mass is 9.96. The fourth-order valence-corrected chi connectivity index (χ4v) is 4.55. The Morgan fingerprint density at radius 1 is 0.878 bits per heavy atom. The highest BCUT2D eigenvalue weighted by atomic mass is 16.5. The number of carbonyl (C=O) groups excluding carboxylic acids is 1. The molecule has 2 aromatic carbocycles. The minimum Gasteiger partial charge on any atom is -0.493 e. The van der Waals surface area contributed by atoms with E-state index in [-0.39, 0.29) is 18.6 Å². The van der Waals surface area contributed by atoms with Crippen LogP contribution in [0.2, 0.25) is 0 Å². The third kappa shape index (κ3) is 6.34. The smallest absolute Gasteiger partial charge is 0.203 e. The highest BCUT2D eigenvalue weighted by molar-refractivity contribution is 5.99. The summed E-state index contributed by atoms with van der Waals surface area (Å²) in [7, 11) is 4.58. The molecular weight excluding hydrogens is 534 g/mol. The molecule has 4 atom stereocenters. The predicted molar refractivity (Wildman–Crippen MR) is 149 cm³/mol. The first-order chi connectivity index (χ1) is 19.7. The van der Waals surface area contributed by atoms with E-state index in [1.54, 1.807) is 48.7 Å². The summed E-state index contributed by atoms with van der Waals surface area (Å²) >= 11 is 0. The summed E-state index contributed by atoms with van der Waals surface area (Å²) in [6.07, 6.45) is -5.20. The normalized spacial score (nSPS) is 14.3. The number of aliphatic hydroxyl groups is 5. The van der Waals surface area contributed by atoms with Gasteiger partial charge in [-0.15, -0.1) is 0 Å². The van der Waals surface area contributed by atoms with Gasteiger partial charge in [-0.2, -0.15) is 0 Å². The third-order valence-electron chi connectivity index (χ3n) is 6.85.